The molecule has 0 aliphatic heterocycles. The molecule has 0 amide bonds. The predicted octanol–water partition coefficient (Wildman–Crippen LogP) is 1.24. The summed E-state index contributed by atoms with van der Waals surface area (Å²) >= 11 is 0. The molecule has 4 heteroatoms. The highest BCUT2D eigenvalue weighted by Gasteiger charge is 2.21. The van der Waals surface area contributed by atoms with E-state index in [4.69, 9.17) is 4.74 Å². The number of nitrogens with one attached hydrogen (secondary N) is 1. The van der Waals surface area contributed by atoms with Crippen LogP contribution in [0.2, 0.25) is 0 Å². The lowest BCUT2D eigenvalue weighted by Crippen LogP contribution is -2.32. The molecule has 0 radical (unpaired) electrons. The zero-order chi connectivity index (χ0) is 13.0. The maximum Gasteiger partial charge on any atom is 0.121 e. The number of ether oxygens (including phenoxy) is 1. The molecule has 1 aliphatic rings. The summed E-state index contributed by atoms with van der Waals surface area (Å²) in [4.78, 5) is 2.03. The fourth-order valence-corrected chi connectivity index (χ4v) is 1.69. The zero-order valence-electron chi connectivity index (χ0n) is 11.1. The summed E-state index contributed by atoms with van der Waals surface area (Å²) in [6, 6.07) is 8.49. The molecule has 0 saturated heterocycles. The van der Waals surface area contributed by atoms with Crippen LogP contribution in [0.1, 0.15) is 12.8 Å². The van der Waals surface area contributed by atoms with Gasteiger partial charge < -0.3 is 20.1 Å². The van der Waals surface area contributed by atoms with Gasteiger partial charge in [-0.3, -0.25) is 0 Å². The topological polar surface area (TPSA) is 44.7 Å². The average Bonchev–Trinajstić information content (AvgIpc) is 3.18. The molecule has 1 aliphatic carbocycles. The minimum Gasteiger partial charge on any atom is -0.491 e. The van der Waals surface area contributed by atoms with E-state index in [1.54, 1.807) is 0 Å². The van der Waals surface area contributed by atoms with Crippen LogP contribution in [0.5, 0.6) is 5.75 Å². The lowest BCUT2D eigenvalue weighted by molar-refractivity contribution is 0.106. The Morgan fingerprint density at radius 2 is 2.22 bits per heavy atom. The first-order valence-corrected chi connectivity index (χ1v) is 6.47. The highest BCUT2D eigenvalue weighted by Crippen LogP contribution is 2.20. The first-order chi connectivity index (χ1) is 8.65. The van der Waals surface area contributed by atoms with Crippen molar-refractivity contribution in [2.45, 2.75) is 25.0 Å². The van der Waals surface area contributed by atoms with E-state index < -0.39 is 6.10 Å². The second-order valence-electron chi connectivity index (χ2n) is 5.04. The van der Waals surface area contributed by atoms with Gasteiger partial charge in [0, 0.05) is 38.4 Å². The normalized spacial score (nSPS) is 16.4. The third-order valence-electron chi connectivity index (χ3n) is 3.00. The molecule has 1 unspecified atom stereocenters. The standard InChI is InChI=1S/C14H22N2O2/c1-16(2)12-4-3-5-14(8-12)18-10-13(17)9-15-11-6-7-11/h3-5,8,11,13,15,17H,6-7,9-10H2,1-2H3. The van der Waals surface area contributed by atoms with E-state index >= 15 is 0 Å². The maximum absolute atomic E-state index is 9.77. The molecule has 2 N–H and O–H groups in total. The number of benzene rings is 1. The van der Waals surface area contributed by atoms with Crippen molar-refractivity contribution < 1.29 is 9.84 Å². The highest BCUT2D eigenvalue weighted by atomic mass is 16.5. The molecule has 0 aromatic heterocycles. The van der Waals surface area contributed by atoms with E-state index in [0.29, 0.717) is 19.2 Å². The number of nitrogens with zero attached hydrogens (tertiary/aromatic N) is 1. The summed E-state index contributed by atoms with van der Waals surface area (Å²) in [5.74, 6) is 0.798. The Balaban J connectivity index is 1.75. The number of anilines is 1. The SMILES string of the molecule is CN(C)c1cccc(OCC(O)CNC2CC2)c1. The Labute approximate surface area is 109 Å². The number of hydrogen-bond acceptors (Lipinski definition) is 4. The Bertz CT molecular complexity index is 378. The van der Waals surface area contributed by atoms with Crippen molar-refractivity contribution in [2.75, 3.05) is 32.1 Å². The molecule has 0 bridgehead atoms. The maximum atomic E-state index is 9.77. The van der Waals surface area contributed by atoms with Crippen LogP contribution < -0.4 is 15.0 Å². The molecule has 0 heterocycles. The van der Waals surface area contributed by atoms with Gasteiger partial charge in [0.2, 0.25) is 0 Å². The van der Waals surface area contributed by atoms with E-state index in [0.717, 1.165) is 11.4 Å². The smallest absolute Gasteiger partial charge is 0.121 e. The van der Waals surface area contributed by atoms with Crippen molar-refractivity contribution in [3.63, 3.8) is 0 Å². The van der Waals surface area contributed by atoms with Gasteiger partial charge in [-0.05, 0) is 25.0 Å². The zero-order valence-corrected chi connectivity index (χ0v) is 11.1. The lowest BCUT2D eigenvalue weighted by atomic mass is 10.3. The van der Waals surface area contributed by atoms with Gasteiger partial charge in [-0.2, -0.15) is 0 Å². The van der Waals surface area contributed by atoms with Crippen LogP contribution in [-0.2, 0) is 0 Å². The van der Waals surface area contributed by atoms with Crippen LogP contribution in [-0.4, -0.2) is 44.5 Å². The summed E-state index contributed by atoms with van der Waals surface area (Å²) in [5, 5.41) is 13.1. The van der Waals surface area contributed by atoms with E-state index in [1.165, 1.54) is 12.8 Å². The molecule has 2 rings (SSSR count). The third kappa shape index (κ3) is 4.20. The van der Waals surface area contributed by atoms with Gasteiger partial charge in [-0.1, -0.05) is 6.07 Å². The van der Waals surface area contributed by atoms with Crippen molar-refractivity contribution in [1.29, 1.82) is 0 Å². The first kappa shape index (κ1) is 13.2. The Kier molecular flexibility index (Phi) is 4.44. The molecule has 18 heavy (non-hydrogen) atoms. The Morgan fingerprint density at radius 3 is 2.89 bits per heavy atom. The molecule has 1 aromatic carbocycles. The van der Waals surface area contributed by atoms with Crippen LogP contribution in [0, 0.1) is 0 Å². The van der Waals surface area contributed by atoms with Crippen LogP contribution in [0.4, 0.5) is 5.69 Å². The minimum atomic E-state index is -0.450. The lowest BCUT2D eigenvalue weighted by Gasteiger charge is -2.16. The van der Waals surface area contributed by atoms with E-state index in [-0.39, 0.29) is 0 Å². The number of aliphatic hydroxyl groups excluding tert-OH is 1. The fourth-order valence-electron chi connectivity index (χ4n) is 1.69. The Morgan fingerprint density at radius 1 is 1.44 bits per heavy atom. The van der Waals surface area contributed by atoms with Crippen LogP contribution in [0.15, 0.2) is 24.3 Å². The van der Waals surface area contributed by atoms with E-state index in [2.05, 4.69) is 5.32 Å². The van der Waals surface area contributed by atoms with E-state index in [9.17, 15) is 5.11 Å². The van der Waals surface area contributed by atoms with Crippen molar-refractivity contribution in [1.82, 2.24) is 5.32 Å². The van der Waals surface area contributed by atoms with Crippen LogP contribution in [0.3, 0.4) is 0 Å². The molecule has 1 fully saturated rings. The largest absolute Gasteiger partial charge is 0.491 e. The second-order valence-corrected chi connectivity index (χ2v) is 5.04. The quantitative estimate of drug-likeness (QED) is 0.764. The monoisotopic (exact) mass is 250 g/mol. The van der Waals surface area contributed by atoms with Crippen molar-refractivity contribution in [3.8, 4) is 5.75 Å². The van der Waals surface area contributed by atoms with Gasteiger partial charge in [0.1, 0.15) is 18.5 Å². The number of aliphatic hydroxyl groups is 1. The van der Waals surface area contributed by atoms with Gasteiger partial charge in [0.05, 0.1) is 0 Å². The summed E-state index contributed by atoms with van der Waals surface area (Å²) in [6.07, 6.45) is 2.02. The summed E-state index contributed by atoms with van der Waals surface area (Å²) < 4.78 is 5.59. The summed E-state index contributed by atoms with van der Waals surface area (Å²) in [7, 11) is 3.99. The minimum absolute atomic E-state index is 0.330. The molecule has 1 saturated carbocycles. The number of hydrogen-bond donors (Lipinski definition) is 2. The van der Waals surface area contributed by atoms with Gasteiger partial charge >= 0.3 is 0 Å². The first-order valence-electron chi connectivity index (χ1n) is 6.47. The second kappa shape index (κ2) is 6.07. The van der Waals surface area contributed by atoms with Gasteiger partial charge in [-0.15, -0.1) is 0 Å². The van der Waals surface area contributed by atoms with Gasteiger partial charge in [0.15, 0.2) is 0 Å². The summed E-state index contributed by atoms with van der Waals surface area (Å²) in [5.41, 5.74) is 1.10. The molecular weight excluding hydrogens is 228 g/mol. The molecule has 0 spiro atoms. The highest BCUT2D eigenvalue weighted by molar-refractivity contribution is 5.49. The van der Waals surface area contributed by atoms with Crippen LogP contribution in [0.25, 0.3) is 0 Å². The molecule has 100 valence electrons. The Hall–Kier alpha value is -1.26. The molecule has 4 nitrogen and oxygen atoms in total. The van der Waals surface area contributed by atoms with Gasteiger partial charge in [0.25, 0.3) is 0 Å². The molecule has 1 aromatic rings. The fraction of sp³-hybridized carbons (Fsp3) is 0.571. The molecule has 1 atom stereocenters. The van der Waals surface area contributed by atoms with Crippen molar-refractivity contribution in [2.24, 2.45) is 0 Å². The average molecular weight is 250 g/mol. The van der Waals surface area contributed by atoms with Crippen LogP contribution >= 0.6 is 0 Å². The van der Waals surface area contributed by atoms with Crippen molar-refractivity contribution >= 4 is 5.69 Å². The van der Waals surface area contributed by atoms with Gasteiger partial charge in [-0.25, -0.2) is 0 Å². The molecular formula is C14H22N2O2. The third-order valence-corrected chi connectivity index (χ3v) is 3.00. The predicted molar refractivity (Wildman–Crippen MR) is 73.3 cm³/mol. The van der Waals surface area contributed by atoms with E-state index in [1.807, 2.05) is 43.3 Å². The van der Waals surface area contributed by atoms with Crippen molar-refractivity contribution in [3.05, 3.63) is 24.3 Å². The number of rotatable bonds is 7. The summed E-state index contributed by atoms with van der Waals surface area (Å²) in [6.45, 7) is 0.939.